The van der Waals surface area contributed by atoms with Crippen LogP contribution in [-0.2, 0) is 4.74 Å². The number of aryl methyl sites for hydroxylation is 1. The molecule has 1 aromatic heterocycles. The summed E-state index contributed by atoms with van der Waals surface area (Å²) in [5.74, 6) is 0.221. The molecule has 0 fully saturated rings. The van der Waals surface area contributed by atoms with Gasteiger partial charge in [0.2, 0.25) is 0 Å². The van der Waals surface area contributed by atoms with E-state index in [4.69, 9.17) is 4.74 Å². The van der Waals surface area contributed by atoms with Gasteiger partial charge in [-0.2, -0.15) is 0 Å². The Bertz CT molecular complexity index is 994. The lowest BCUT2D eigenvalue weighted by Gasteiger charge is -2.11. The van der Waals surface area contributed by atoms with Crippen molar-refractivity contribution in [1.82, 2.24) is 9.55 Å². The van der Waals surface area contributed by atoms with Crippen LogP contribution in [0.25, 0.3) is 16.6 Å². The SMILES string of the molecule is CCCOC(=O)c1ccc(-n2c(C)nc3ccc(Br)cc3c2=O)cc1. The van der Waals surface area contributed by atoms with Crippen molar-refractivity contribution in [3.05, 3.63) is 68.7 Å². The van der Waals surface area contributed by atoms with E-state index in [9.17, 15) is 9.59 Å². The van der Waals surface area contributed by atoms with Gasteiger partial charge in [0.05, 0.1) is 28.8 Å². The number of benzene rings is 2. The van der Waals surface area contributed by atoms with Crippen LogP contribution >= 0.6 is 15.9 Å². The monoisotopic (exact) mass is 400 g/mol. The Morgan fingerprint density at radius 2 is 1.92 bits per heavy atom. The Balaban J connectivity index is 2.04. The van der Waals surface area contributed by atoms with Crippen molar-refractivity contribution in [2.75, 3.05) is 6.61 Å². The van der Waals surface area contributed by atoms with Gasteiger partial charge >= 0.3 is 5.97 Å². The summed E-state index contributed by atoms with van der Waals surface area (Å²) >= 11 is 3.38. The van der Waals surface area contributed by atoms with Crippen molar-refractivity contribution < 1.29 is 9.53 Å². The van der Waals surface area contributed by atoms with Crippen LogP contribution in [0.2, 0.25) is 0 Å². The van der Waals surface area contributed by atoms with Gasteiger partial charge in [-0.25, -0.2) is 9.78 Å². The van der Waals surface area contributed by atoms with Crippen molar-refractivity contribution in [2.24, 2.45) is 0 Å². The van der Waals surface area contributed by atoms with Crippen molar-refractivity contribution in [3.8, 4) is 5.69 Å². The maximum atomic E-state index is 12.9. The van der Waals surface area contributed by atoms with Gasteiger partial charge in [-0.3, -0.25) is 9.36 Å². The lowest BCUT2D eigenvalue weighted by atomic mass is 10.2. The van der Waals surface area contributed by atoms with Crippen LogP contribution in [0.5, 0.6) is 0 Å². The van der Waals surface area contributed by atoms with Crippen molar-refractivity contribution in [1.29, 1.82) is 0 Å². The molecule has 0 saturated heterocycles. The second-order valence-electron chi connectivity index (χ2n) is 5.64. The molecule has 128 valence electrons. The molecule has 0 aliphatic heterocycles. The Hall–Kier alpha value is -2.47. The van der Waals surface area contributed by atoms with Gasteiger partial charge in [0.1, 0.15) is 5.82 Å². The van der Waals surface area contributed by atoms with Gasteiger partial charge in [0, 0.05) is 4.47 Å². The van der Waals surface area contributed by atoms with Gasteiger partial charge in [-0.05, 0) is 55.8 Å². The Labute approximate surface area is 153 Å². The average molecular weight is 401 g/mol. The van der Waals surface area contributed by atoms with Crippen LogP contribution in [0.4, 0.5) is 0 Å². The average Bonchev–Trinajstić information content (AvgIpc) is 2.61. The van der Waals surface area contributed by atoms with Crippen molar-refractivity contribution in [2.45, 2.75) is 20.3 Å². The Morgan fingerprint density at radius 3 is 2.60 bits per heavy atom. The third-order valence-electron chi connectivity index (χ3n) is 3.80. The Kier molecular flexibility index (Phi) is 4.99. The second kappa shape index (κ2) is 7.19. The van der Waals surface area contributed by atoms with Crippen LogP contribution in [0.15, 0.2) is 51.7 Å². The van der Waals surface area contributed by atoms with Gasteiger partial charge < -0.3 is 4.74 Å². The quantitative estimate of drug-likeness (QED) is 0.620. The first-order valence-corrected chi connectivity index (χ1v) is 8.77. The molecule has 2 aromatic carbocycles. The summed E-state index contributed by atoms with van der Waals surface area (Å²) in [5.41, 5.74) is 1.62. The first-order valence-electron chi connectivity index (χ1n) is 7.97. The molecule has 3 rings (SSSR count). The minimum absolute atomic E-state index is 0.148. The molecular formula is C19H17BrN2O3. The molecule has 0 atom stereocenters. The zero-order valence-corrected chi connectivity index (χ0v) is 15.5. The first kappa shape index (κ1) is 17.4. The fraction of sp³-hybridized carbons (Fsp3) is 0.211. The zero-order valence-electron chi connectivity index (χ0n) is 14.0. The van der Waals surface area contributed by atoms with E-state index in [2.05, 4.69) is 20.9 Å². The minimum atomic E-state index is -0.363. The third-order valence-corrected chi connectivity index (χ3v) is 4.29. The lowest BCUT2D eigenvalue weighted by Crippen LogP contribution is -2.22. The summed E-state index contributed by atoms with van der Waals surface area (Å²) in [5, 5.41) is 0.534. The maximum Gasteiger partial charge on any atom is 0.338 e. The maximum absolute atomic E-state index is 12.9. The lowest BCUT2D eigenvalue weighted by molar-refractivity contribution is 0.0505. The number of esters is 1. The number of hydrogen-bond acceptors (Lipinski definition) is 4. The molecule has 6 heteroatoms. The molecule has 0 aliphatic rings. The second-order valence-corrected chi connectivity index (χ2v) is 6.56. The number of carbonyl (C=O) groups excluding carboxylic acids is 1. The minimum Gasteiger partial charge on any atom is -0.462 e. The van der Waals surface area contributed by atoms with Crippen LogP contribution in [0, 0.1) is 6.92 Å². The molecule has 0 saturated carbocycles. The summed E-state index contributed by atoms with van der Waals surface area (Å²) in [4.78, 5) is 29.3. The molecule has 1 heterocycles. The summed E-state index contributed by atoms with van der Waals surface area (Å²) < 4.78 is 7.48. The Morgan fingerprint density at radius 1 is 1.20 bits per heavy atom. The number of hydrogen-bond donors (Lipinski definition) is 0. The highest BCUT2D eigenvalue weighted by Crippen LogP contribution is 2.18. The highest BCUT2D eigenvalue weighted by molar-refractivity contribution is 9.10. The number of nitrogens with zero attached hydrogens (tertiary/aromatic N) is 2. The number of halogens is 1. The highest BCUT2D eigenvalue weighted by atomic mass is 79.9. The van der Waals surface area contributed by atoms with E-state index in [1.165, 1.54) is 4.57 Å². The molecule has 0 N–H and O–H groups in total. The molecule has 5 nitrogen and oxygen atoms in total. The predicted octanol–water partition coefficient (Wildman–Crippen LogP) is 4.02. The molecule has 0 radical (unpaired) electrons. The van der Waals surface area contributed by atoms with Crippen molar-refractivity contribution in [3.63, 3.8) is 0 Å². The fourth-order valence-electron chi connectivity index (χ4n) is 2.60. The predicted molar refractivity (Wildman–Crippen MR) is 100 cm³/mol. The molecule has 0 unspecified atom stereocenters. The first-order chi connectivity index (χ1) is 12.0. The van der Waals surface area contributed by atoms with E-state index in [0.717, 1.165) is 10.9 Å². The summed E-state index contributed by atoms with van der Waals surface area (Å²) in [6, 6.07) is 12.2. The van der Waals surface area contributed by atoms with Gasteiger partial charge in [-0.15, -0.1) is 0 Å². The van der Waals surface area contributed by atoms with Gasteiger partial charge in [-0.1, -0.05) is 22.9 Å². The van der Waals surface area contributed by atoms with E-state index in [0.29, 0.717) is 34.6 Å². The summed E-state index contributed by atoms with van der Waals surface area (Å²) in [6.07, 6.45) is 0.775. The topological polar surface area (TPSA) is 61.2 Å². The van der Waals surface area contributed by atoms with Gasteiger partial charge in [0.25, 0.3) is 5.56 Å². The summed E-state index contributed by atoms with van der Waals surface area (Å²) in [7, 11) is 0. The highest BCUT2D eigenvalue weighted by Gasteiger charge is 2.12. The number of fused-ring (bicyclic) bond motifs is 1. The largest absolute Gasteiger partial charge is 0.462 e. The van der Waals surface area contributed by atoms with Gasteiger partial charge in [0.15, 0.2) is 0 Å². The van der Waals surface area contributed by atoms with E-state index in [-0.39, 0.29) is 11.5 Å². The van der Waals surface area contributed by atoms with Crippen LogP contribution in [0.3, 0.4) is 0 Å². The number of rotatable bonds is 4. The number of aromatic nitrogens is 2. The van der Waals surface area contributed by atoms with E-state index in [1.807, 2.05) is 19.1 Å². The van der Waals surface area contributed by atoms with Crippen molar-refractivity contribution >= 4 is 32.8 Å². The smallest absolute Gasteiger partial charge is 0.338 e. The van der Waals surface area contributed by atoms with Crippen LogP contribution < -0.4 is 5.56 Å². The zero-order chi connectivity index (χ0) is 18.0. The molecular weight excluding hydrogens is 384 g/mol. The third kappa shape index (κ3) is 3.49. The number of carbonyl (C=O) groups is 1. The molecule has 0 bridgehead atoms. The molecule has 0 aliphatic carbocycles. The number of ether oxygens (including phenoxy) is 1. The molecule has 3 aromatic rings. The van der Waals surface area contributed by atoms with E-state index in [1.54, 1.807) is 37.3 Å². The summed E-state index contributed by atoms with van der Waals surface area (Å²) in [6.45, 7) is 4.12. The molecule has 25 heavy (non-hydrogen) atoms. The fourth-order valence-corrected chi connectivity index (χ4v) is 2.96. The normalized spacial score (nSPS) is 10.8. The van der Waals surface area contributed by atoms with E-state index >= 15 is 0 Å². The van der Waals surface area contributed by atoms with Crippen LogP contribution in [0.1, 0.15) is 29.5 Å². The molecule has 0 spiro atoms. The standard InChI is InChI=1S/C19H17BrN2O3/c1-3-10-25-19(24)13-4-7-15(8-5-13)22-12(2)21-17-9-6-14(20)11-16(17)18(22)23/h4-9,11H,3,10H2,1-2H3. The molecule has 0 amide bonds. The van der Waals surface area contributed by atoms with E-state index < -0.39 is 0 Å². The van der Waals surface area contributed by atoms with Crippen LogP contribution in [-0.4, -0.2) is 22.1 Å².